The molecule has 0 spiro atoms. The number of phenols is 1. The van der Waals surface area contributed by atoms with E-state index in [4.69, 9.17) is 16.6 Å². The van der Waals surface area contributed by atoms with Gasteiger partial charge in [0, 0.05) is 6.42 Å². The van der Waals surface area contributed by atoms with Crippen molar-refractivity contribution in [3.05, 3.63) is 29.8 Å². The van der Waals surface area contributed by atoms with E-state index < -0.39 is 60.2 Å². The van der Waals surface area contributed by atoms with Gasteiger partial charge in [-0.05, 0) is 49.4 Å². The molecule has 1 rings (SSSR count). The first-order valence-electron chi connectivity index (χ1n) is 12.5. The van der Waals surface area contributed by atoms with Crippen LogP contribution in [0.4, 0.5) is 0 Å². The minimum Gasteiger partial charge on any atom is -0.508 e. The van der Waals surface area contributed by atoms with Crippen LogP contribution in [-0.2, 0) is 30.4 Å². The van der Waals surface area contributed by atoms with Gasteiger partial charge in [-0.25, -0.2) is 4.79 Å². The molecule has 0 heterocycles. The number of amides is 3. The van der Waals surface area contributed by atoms with Crippen LogP contribution in [-0.4, -0.2) is 75.7 Å². The van der Waals surface area contributed by atoms with E-state index in [-0.39, 0.29) is 24.5 Å². The van der Waals surface area contributed by atoms with Crippen molar-refractivity contribution in [2.24, 2.45) is 17.4 Å². The van der Waals surface area contributed by atoms with E-state index in [1.807, 2.05) is 0 Å². The molecule has 0 aliphatic rings. The predicted molar refractivity (Wildman–Crippen MR) is 138 cm³/mol. The number of carbonyl (C=O) groups excluding carboxylic acids is 3. The van der Waals surface area contributed by atoms with Gasteiger partial charge >= 0.3 is 11.9 Å². The third-order valence-electron chi connectivity index (χ3n) is 6.10. The fourth-order valence-electron chi connectivity index (χ4n) is 3.61. The molecular weight excluding hydrogens is 498 g/mol. The maximum atomic E-state index is 13.2. The van der Waals surface area contributed by atoms with Crippen molar-refractivity contribution in [3.63, 3.8) is 0 Å². The second kappa shape index (κ2) is 16.2. The number of nitrogens with one attached hydrogen (secondary N) is 3. The Bertz CT molecular complexity index is 956. The summed E-state index contributed by atoms with van der Waals surface area (Å²) in [5, 5.41) is 35.6. The molecule has 0 aliphatic carbocycles. The molecule has 0 aliphatic heterocycles. The van der Waals surface area contributed by atoms with Gasteiger partial charge in [0.05, 0.1) is 12.5 Å². The summed E-state index contributed by atoms with van der Waals surface area (Å²) in [7, 11) is 0. The molecule has 10 N–H and O–H groups in total. The fraction of sp³-hybridized carbons (Fsp3) is 0.560. The van der Waals surface area contributed by atoms with Crippen molar-refractivity contribution in [3.8, 4) is 5.75 Å². The summed E-state index contributed by atoms with van der Waals surface area (Å²) >= 11 is 0. The molecule has 13 nitrogen and oxygen atoms in total. The number of carbonyl (C=O) groups is 5. The van der Waals surface area contributed by atoms with Crippen molar-refractivity contribution in [2.45, 2.75) is 76.5 Å². The van der Waals surface area contributed by atoms with Gasteiger partial charge in [-0.2, -0.15) is 0 Å². The molecule has 0 saturated heterocycles. The lowest BCUT2D eigenvalue weighted by Crippen LogP contribution is -2.58. The summed E-state index contributed by atoms with van der Waals surface area (Å²) in [6.07, 6.45) is 0.957. The van der Waals surface area contributed by atoms with Crippen molar-refractivity contribution < 1.29 is 39.3 Å². The van der Waals surface area contributed by atoms with E-state index in [1.54, 1.807) is 26.0 Å². The number of aromatic hydroxyl groups is 1. The first kappa shape index (κ1) is 32.3. The van der Waals surface area contributed by atoms with Crippen molar-refractivity contribution in [1.29, 1.82) is 0 Å². The number of unbranched alkanes of at least 4 members (excludes halogenated alkanes) is 1. The highest BCUT2D eigenvalue weighted by molar-refractivity contribution is 5.94. The smallest absolute Gasteiger partial charge is 0.326 e. The molecule has 13 heteroatoms. The van der Waals surface area contributed by atoms with Gasteiger partial charge in [0.2, 0.25) is 17.7 Å². The molecule has 1 aromatic rings. The number of aliphatic carboxylic acids is 2. The van der Waals surface area contributed by atoms with Crippen molar-refractivity contribution >= 4 is 29.7 Å². The molecule has 5 atom stereocenters. The Morgan fingerprint density at radius 3 is 2.00 bits per heavy atom. The molecule has 0 saturated carbocycles. The van der Waals surface area contributed by atoms with E-state index in [0.29, 0.717) is 31.4 Å². The number of carboxylic acid groups (broad SMARTS) is 2. The Morgan fingerprint density at radius 1 is 0.895 bits per heavy atom. The quantitative estimate of drug-likeness (QED) is 0.118. The van der Waals surface area contributed by atoms with E-state index in [1.165, 1.54) is 12.1 Å². The van der Waals surface area contributed by atoms with E-state index in [2.05, 4.69) is 16.0 Å². The van der Waals surface area contributed by atoms with Crippen LogP contribution in [0.2, 0.25) is 0 Å². The number of phenolic OH excluding ortho intramolecular Hbond substituents is 1. The fourth-order valence-corrected chi connectivity index (χ4v) is 3.61. The lowest BCUT2D eigenvalue weighted by atomic mass is 9.98. The molecule has 212 valence electrons. The van der Waals surface area contributed by atoms with Gasteiger partial charge in [-0.3, -0.25) is 19.2 Å². The third kappa shape index (κ3) is 11.1. The molecule has 5 unspecified atom stereocenters. The second-order valence-electron chi connectivity index (χ2n) is 9.19. The zero-order chi connectivity index (χ0) is 28.8. The molecule has 0 aromatic heterocycles. The highest BCUT2D eigenvalue weighted by Crippen LogP contribution is 2.13. The number of benzene rings is 1. The number of hydrogen-bond donors (Lipinski definition) is 8. The van der Waals surface area contributed by atoms with Crippen molar-refractivity contribution in [1.82, 2.24) is 16.0 Å². The van der Waals surface area contributed by atoms with Crippen LogP contribution in [0.1, 0.15) is 51.5 Å². The molecule has 0 bridgehead atoms. The van der Waals surface area contributed by atoms with Crippen molar-refractivity contribution in [2.75, 3.05) is 6.54 Å². The van der Waals surface area contributed by atoms with Gasteiger partial charge in [-0.1, -0.05) is 32.4 Å². The first-order valence-corrected chi connectivity index (χ1v) is 12.5. The average molecular weight is 538 g/mol. The second-order valence-corrected chi connectivity index (χ2v) is 9.19. The summed E-state index contributed by atoms with van der Waals surface area (Å²) in [6.45, 7) is 3.81. The number of carboxylic acids is 2. The Kier molecular flexibility index (Phi) is 13.8. The van der Waals surface area contributed by atoms with Gasteiger partial charge in [0.1, 0.15) is 23.9 Å². The Balaban J connectivity index is 3.18. The zero-order valence-corrected chi connectivity index (χ0v) is 21.7. The molecule has 0 radical (unpaired) electrons. The van der Waals surface area contributed by atoms with E-state index in [9.17, 15) is 34.2 Å². The topological polar surface area (TPSA) is 234 Å². The van der Waals surface area contributed by atoms with E-state index >= 15 is 0 Å². The van der Waals surface area contributed by atoms with Crippen LogP contribution >= 0.6 is 0 Å². The van der Waals surface area contributed by atoms with Crippen LogP contribution in [0, 0.1) is 5.92 Å². The molecule has 38 heavy (non-hydrogen) atoms. The monoisotopic (exact) mass is 537 g/mol. The summed E-state index contributed by atoms with van der Waals surface area (Å²) in [4.78, 5) is 61.5. The van der Waals surface area contributed by atoms with Gasteiger partial charge in [-0.15, -0.1) is 0 Å². The van der Waals surface area contributed by atoms with Gasteiger partial charge in [0.15, 0.2) is 0 Å². The predicted octanol–water partition coefficient (Wildman–Crippen LogP) is -0.549. The summed E-state index contributed by atoms with van der Waals surface area (Å²) in [5.74, 6) is -5.20. The van der Waals surface area contributed by atoms with Gasteiger partial charge < -0.3 is 42.7 Å². The molecule has 3 amide bonds. The Hall–Kier alpha value is -3.71. The van der Waals surface area contributed by atoms with Crippen LogP contribution in [0.5, 0.6) is 5.75 Å². The number of nitrogens with two attached hydrogens (primary N) is 2. The Morgan fingerprint density at radius 2 is 1.47 bits per heavy atom. The summed E-state index contributed by atoms with van der Waals surface area (Å²) in [5.41, 5.74) is 11.7. The zero-order valence-electron chi connectivity index (χ0n) is 21.7. The highest BCUT2D eigenvalue weighted by atomic mass is 16.4. The lowest BCUT2D eigenvalue weighted by molar-refractivity contribution is -0.143. The molecule has 0 fully saturated rings. The lowest BCUT2D eigenvalue weighted by Gasteiger charge is -2.26. The minimum atomic E-state index is -1.39. The minimum absolute atomic E-state index is 0.00174. The highest BCUT2D eigenvalue weighted by Gasteiger charge is 2.32. The normalized spacial score (nSPS) is 14.8. The maximum absolute atomic E-state index is 13.2. The number of rotatable bonds is 17. The summed E-state index contributed by atoms with van der Waals surface area (Å²) in [6, 6.07) is 0.970. The third-order valence-corrected chi connectivity index (χ3v) is 6.10. The van der Waals surface area contributed by atoms with Crippen LogP contribution < -0.4 is 27.4 Å². The molecule has 1 aromatic carbocycles. The SMILES string of the molecule is CCC(C)C(NC(=O)C(Cc1ccc(O)cc1)NC(=O)C(CCCCN)NC(=O)C(N)CC(=O)O)C(=O)O. The van der Waals surface area contributed by atoms with Gasteiger partial charge in [0.25, 0.3) is 0 Å². The largest absolute Gasteiger partial charge is 0.508 e. The maximum Gasteiger partial charge on any atom is 0.326 e. The molecular formula is C25H39N5O8. The Labute approximate surface area is 221 Å². The van der Waals surface area contributed by atoms with Crippen LogP contribution in [0.15, 0.2) is 24.3 Å². The summed E-state index contributed by atoms with van der Waals surface area (Å²) < 4.78 is 0. The standard InChI is InChI=1S/C25H39N5O8/c1-3-14(2)21(25(37)38)30-24(36)19(12-15-7-9-16(31)10-8-15)29-23(35)18(6-4-5-11-26)28-22(34)17(27)13-20(32)33/h7-10,14,17-19,21,31H,3-6,11-13,26-27H2,1-2H3,(H,28,34)(H,29,35)(H,30,36)(H,32,33)(H,37,38). The van der Waals surface area contributed by atoms with Crippen LogP contribution in [0.3, 0.4) is 0 Å². The number of hydrogen-bond acceptors (Lipinski definition) is 8. The first-order chi connectivity index (χ1) is 17.9. The van der Waals surface area contributed by atoms with Crippen LogP contribution in [0.25, 0.3) is 0 Å². The van der Waals surface area contributed by atoms with E-state index in [0.717, 1.165) is 0 Å². The average Bonchev–Trinajstić information content (AvgIpc) is 2.86.